The normalized spacial score (nSPS) is 12.2. The third-order valence-electron chi connectivity index (χ3n) is 5.66. The van der Waals surface area contributed by atoms with E-state index in [1.807, 2.05) is 6.92 Å². The second-order valence-corrected chi connectivity index (χ2v) is 10.6. The summed E-state index contributed by atoms with van der Waals surface area (Å²) >= 11 is 6.18. The molecular formula is C25H33ClFN3O4S. The van der Waals surface area contributed by atoms with Gasteiger partial charge in [0.05, 0.1) is 11.9 Å². The van der Waals surface area contributed by atoms with E-state index in [1.165, 1.54) is 21.3 Å². The summed E-state index contributed by atoms with van der Waals surface area (Å²) in [5.74, 6) is -0.943. The van der Waals surface area contributed by atoms with Crippen molar-refractivity contribution in [1.29, 1.82) is 0 Å². The Labute approximate surface area is 212 Å². The molecule has 0 bridgehead atoms. The molecule has 0 fully saturated rings. The Bertz CT molecular complexity index is 1130. The quantitative estimate of drug-likeness (QED) is 0.448. The number of hydrogen-bond acceptors (Lipinski definition) is 4. The predicted molar refractivity (Wildman–Crippen MR) is 137 cm³/mol. The molecule has 35 heavy (non-hydrogen) atoms. The van der Waals surface area contributed by atoms with E-state index in [0.717, 1.165) is 6.26 Å². The largest absolute Gasteiger partial charge is 0.355 e. The Morgan fingerprint density at radius 2 is 1.77 bits per heavy atom. The summed E-state index contributed by atoms with van der Waals surface area (Å²) in [6, 6.07) is 10.1. The molecule has 0 heterocycles. The third-order valence-corrected chi connectivity index (χ3v) is 7.25. The Balaban J connectivity index is 2.23. The highest BCUT2D eigenvalue weighted by atomic mass is 35.5. The molecule has 2 amide bonds. The third kappa shape index (κ3) is 7.93. The molecule has 1 atom stereocenters. The molecule has 0 aliphatic heterocycles. The van der Waals surface area contributed by atoms with Crippen LogP contribution in [0.1, 0.15) is 44.2 Å². The minimum atomic E-state index is -3.62. The van der Waals surface area contributed by atoms with E-state index in [-0.39, 0.29) is 43.6 Å². The Morgan fingerprint density at radius 3 is 2.34 bits per heavy atom. The van der Waals surface area contributed by atoms with E-state index in [0.29, 0.717) is 34.8 Å². The lowest BCUT2D eigenvalue weighted by atomic mass is 10.1. The summed E-state index contributed by atoms with van der Waals surface area (Å²) in [4.78, 5) is 27.4. The molecule has 2 aromatic rings. The summed E-state index contributed by atoms with van der Waals surface area (Å²) in [6.45, 7) is 6.00. The second kappa shape index (κ2) is 12.9. The van der Waals surface area contributed by atoms with Crippen LogP contribution < -0.4 is 9.62 Å². The molecule has 0 saturated heterocycles. The van der Waals surface area contributed by atoms with Crippen LogP contribution in [-0.2, 0) is 26.2 Å². The molecule has 7 nitrogen and oxygen atoms in total. The van der Waals surface area contributed by atoms with Crippen molar-refractivity contribution in [3.05, 3.63) is 64.4 Å². The zero-order valence-corrected chi connectivity index (χ0v) is 22.1. The number of benzene rings is 2. The van der Waals surface area contributed by atoms with Crippen LogP contribution >= 0.6 is 11.6 Å². The highest BCUT2D eigenvalue weighted by Gasteiger charge is 2.28. The van der Waals surface area contributed by atoms with E-state index in [4.69, 9.17) is 11.6 Å². The van der Waals surface area contributed by atoms with Gasteiger partial charge in [-0.15, -0.1) is 0 Å². The van der Waals surface area contributed by atoms with Crippen molar-refractivity contribution in [1.82, 2.24) is 10.2 Å². The maximum Gasteiger partial charge on any atom is 0.242 e. The number of likely N-dealkylation sites (N-methyl/N-ethyl adjacent to an activating group) is 1. The van der Waals surface area contributed by atoms with Crippen LogP contribution in [0.2, 0.25) is 5.02 Å². The predicted octanol–water partition coefficient (Wildman–Crippen LogP) is 4.28. The molecule has 0 aliphatic carbocycles. The number of nitrogens with one attached hydrogen (secondary N) is 1. The average Bonchev–Trinajstić information content (AvgIpc) is 2.79. The van der Waals surface area contributed by atoms with Gasteiger partial charge in [-0.25, -0.2) is 12.8 Å². The monoisotopic (exact) mass is 525 g/mol. The van der Waals surface area contributed by atoms with Gasteiger partial charge in [0.25, 0.3) is 0 Å². The summed E-state index contributed by atoms with van der Waals surface area (Å²) in [6.07, 6.45) is 1.78. The number of anilines is 1. The molecule has 2 rings (SSSR count). The molecule has 1 unspecified atom stereocenters. The number of halogens is 2. The molecule has 192 valence electrons. The first kappa shape index (κ1) is 28.6. The van der Waals surface area contributed by atoms with Gasteiger partial charge in [0.2, 0.25) is 21.8 Å². The molecular weight excluding hydrogens is 493 g/mol. The fraction of sp³-hybridized carbons (Fsp3) is 0.440. The molecule has 0 aromatic heterocycles. The van der Waals surface area contributed by atoms with Crippen molar-refractivity contribution in [2.24, 2.45) is 0 Å². The smallest absolute Gasteiger partial charge is 0.242 e. The van der Waals surface area contributed by atoms with Gasteiger partial charge in [-0.2, -0.15) is 0 Å². The minimum absolute atomic E-state index is 0.0305. The standard InChI is InChI=1S/C25H33ClFN3O4S/c1-5-22(25(32)28-6-2)29(17-19-12-14-20(27)15-13-19)24(31)11-8-16-30(35(4,33)34)23-10-7-9-21(26)18(23)3/h7,9-10,12-15,22H,5-6,8,11,16-17H2,1-4H3,(H,28,32). The van der Waals surface area contributed by atoms with Gasteiger partial charge >= 0.3 is 0 Å². The van der Waals surface area contributed by atoms with Crippen molar-refractivity contribution in [2.45, 2.75) is 52.6 Å². The lowest BCUT2D eigenvalue weighted by Gasteiger charge is -2.31. The molecule has 0 saturated carbocycles. The van der Waals surface area contributed by atoms with Gasteiger partial charge in [-0.1, -0.05) is 36.7 Å². The summed E-state index contributed by atoms with van der Waals surface area (Å²) in [7, 11) is -3.62. The van der Waals surface area contributed by atoms with Crippen molar-refractivity contribution in [2.75, 3.05) is 23.7 Å². The van der Waals surface area contributed by atoms with Crippen LogP contribution in [0.15, 0.2) is 42.5 Å². The molecule has 0 spiro atoms. The van der Waals surface area contributed by atoms with Crippen molar-refractivity contribution >= 4 is 39.1 Å². The lowest BCUT2D eigenvalue weighted by Crippen LogP contribution is -2.49. The summed E-state index contributed by atoms with van der Waals surface area (Å²) < 4.78 is 39.6. The maximum absolute atomic E-state index is 13.4. The number of carbonyl (C=O) groups is 2. The van der Waals surface area contributed by atoms with Gasteiger partial charge in [0.15, 0.2) is 0 Å². The summed E-state index contributed by atoms with van der Waals surface area (Å²) in [5, 5.41) is 3.21. The summed E-state index contributed by atoms with van der Waals surface area (Å²) in [5.41, 5.74) is 1.78. The van der Waals surface area contributed by atoms with E-state index in [9.17, 15) is 22.4 Å². The van der Waals surface area contributed by atoms with Crippen LogP contribution in [0.5, 0.6) is 0 Å². The van der Waals surface area contributed by atoms with Crippen molar-refractivity contribution in [3.8, 4) is 0 Å². The fourth-order valence-corrected chi connectivity index (χ4v) is 5.03. The zero-order valence-electron chi connectivity index (χ0n) is 20.6. The lowest BCUT2D eigenvalue weighted by molar-refractivity contribution is -0.141. The molecule has 1 N–H and O–H groups in total. The Hall–Kier alpha value is -2.65. The topological polar surface area (TPSA) is 86.8 Å². The second-order valence-electron chi connectivity index (χ2n) is 8.29. The number of amides is 2. The average molecular weight is 526 g/mol. The van der Waals surface area contributed by atoms with Crippen LogP contribution in [-0.4, -0.2) is 50.5 Å². The highest BCUT2D eigenvalue weighted by Crippen LogP contribution is 2.28. The Morgan fingerprint density at radius 1 is 1.11 bits per heavy atom. The number of nitrogens with zero attached hydrogens (tertiary/aromatic N) is 2. The Kier molecular flexibility index (Phi) is 10.5. The first-order valence-electron chi connectivity index (χ1n) is 11.5. The van der Waals surface area contributed by atoms with E-state index in [1.54, 1.807) is 44.2 Å². The van der Waals surface area contributed by atoms with Gasteiger partial charge in [0, 0.05) is 31.1 Å². The van der Waals surface area contributed by atoms with E-state index >= 15 is 0 Å². The van der Waals surface area contributed by atoms with E-state index in [2.05, 4.69) is 5.32 Å². The number of sulfonamides is 1. The van der Waals surface area contributed by atoms with Crippen LogP contribution in [0.3, 0.4) is 0 Å². The van der Waals surface area contributed by atoms with Crippen LogP contribution in [0, 0.1) is 12.7 Å². The van der Waals surface area contributed by atoms with Crippen LogP contribution in [0.4, 0.5) is 10.1 Å². The van der Waals surface area contributed by atoms with Gasteiger partial charge in [0.1, 0.15) is 11.9 Å². The molecule has 10 heteroatoms. The molecule has 0 radical (unpaired) electrons. The molecule has 2 aromatic carbocycles. The van der Waals surface area contributed by atoms with Gasteiger partial charge < -0.3 is 10.2 Å². The fourth-order valence-electron chi connectivity index (χ4n) is 3.85. The zero-order chi connectivity index (χ0) is 26.2. The van der Waals surface area contributed by atoms with Crippen LogP contribution in [0.25, 0.3) is 0 Å². The minimum Gasteiger partial charge on any atom is -0.355 e. The van der Waals surface area contributed by atoms with Crippen molar-refractivity contribution in [3.63, 3.8) is 0 Å². The number of rotatable bonds is 12. The highest BCUT2D eigenvalue weighted by molar-refractivity contribution is 7.92. The number of hydrogen-bond donors (Lipinski definition) is 1. The van der Waals surface area contributed by atoms with Gasteiger partial charge in [-0.05, 0) is 62.1 Å². The first-order valence-corrected chi connectivity index (χ1v) is 13.8. The van der Waals surface area contributed by atoms with Crippen molar-refractivity contribution < 1.29 is 22.4 Å². The molecule has 0 aliphatic rings. The van der Waals surface area contributed by atoms with E-state index < -0.39 is 16.1 Å². The SMILES string of the molecule is CCNC(=O)C(CC)N(Cc1ccc(F)cc1)C(=O)CCCN(c1cccc(Cl)c1C)S(C)(=O)=O. The first-order chi connectivity index (χ1) is 16.5. The maximum atomic E-state index is 13.4. The number of carbonyl (C=O) groups excluding carboxylic acids is 2. The van der Waals surface area contributed by atoms with Gasteiger partial charge in [-0.3, -0.25) is 13.9 Å².